The Bertz CT molecular complexity index is 1070. The maximum atomic E-state index is 12.7. The molecule has 0 atom stereocenters. The number of anilines is 1. The SMILES string of the molecule is CCc1ccccc1OCC(=O)N1CCN(c2cc(C)c3cccc(OC)c3n2)CC1. The standard InChI is InChI=1S/C25H29N3O3/c1-4-19-8-5-6-10-21(19)31-17-24(29)28-14-12-27(13-15-28)23-16-18(2)20-9-7-11-22(30-3)25(20)26-23/h5-11,16H,4,12-15,17H2,1-3H3. The number of rotatable bonds is 6. The fourth-order valence-corrected chi connectivity index (χ4v) is 4.05. The van der Waals surface area contributed by atoms with Crippen molar-refractivity contribution in [2.75, 3.05) is 44.8 Å². The quantitative estimate of drug-likeness (QED) is 0.608. The minimum atomic E-state index is 0.0230. The van der Waals surface area contributed by atoms with E-state index in [2.05, 4.69) is 30.9 Å². The normalized spacial score (nSPS) is 14.0. The van der Waals surface area contributed by atoms with Crippen LogP contribution in [0.3, 0.4) is 0 Å². The second kappa shape index (κ2) is 9.25. The summed E-state index contributed by atoms with van der Waals surface area (Å²) in [6, 6.07) is 16.0. The average molecular weight is 420 g/mol. The first kappa shape index (κ1) is 21.0. The number of benzene rings is 2. The van der Waals surface area contributed by atoms with Crippen molar-refractivity contribution in [3.8, 4) is 11.5 Å². The van der Waals surface area contributed by atoms with Crippen molar-refractivity contribution in [2.45, 2.75) is 20.3 Å². The van der Waals surface area contributed by atoms with E-state index in [0.717, 1.165) is 53.3 Å². The van der Waals surface area contributed by atoms with Crippen molar-refractivity contribution in [3.63, 3.8) is 0 Å². The van der Waals surface area contributed by atoms with Crippen molar-refractivity contribution in [2.24, 2.45) is 0 Å². The third-order valence-corrected chi connectivity index (χ3v) is 5.88. The summed E-state index contributed by atoms with van der Waals surface area (Å²) in [4.78, 5) is 21.7. The Kier molecular flexibility index (Phi) is 6.26. The molecule has 1 amide bonds. The Balaban J connectivity index is 1.40. The van der Waals surface area contributed by atoms with E-state index >= 15 is 0 Å². The van der Waals surface area contributed by atoms with Gasteiger partial charge in [0.1, 0.15) is 22.8 Å². The number of piperazine rings is 1. The summed E-state index contributed by atoms with van der Waals surface area (Å²) in [5, 5.41) is 1.10. The molecule has 1 aromatic heterocycles. The second-order valence-corrected chi connectivity index (χ2v) is 7.77. The van der Waals surface area contributed by atoms with Crippen LogP contribution in [0.4, 0.5) is 5.82 Å². The second-order valence-electron chi connectivity index (χ2n) is 7.77. The van der Waals surface area contributed by atoms with E-state index in [-0.39, 0.29) is 12.5 Å². The van der Waals surface area contributed by atoms with Gasteiger partial charge in [-0.3, -0.25) is 4.79 Å². The van der Waals surface area contributed by atoms with E-state index in [4.69, 9.17) is 14.5 Å². The van der Waals surface area contributed by atoms with Crippen LogP contribution in [-0.4, -0.2) is 55.7 Å². The smallest absolute Gasteiger partial charge is 0.260 e. The Labute approximate surface area is 183 Å². The number of para-hydroxylation sites is 2. The van der Waals surface area contributed by atoms with E-state index in [9.17, 15) is 4.79 Å². The zero-order valence-electron chi connectivity index (χ0n) is 18.4. The van der Waals surface area contributed by atoms with E-state index in [0.29, 0.717) is 13.1 Å². The lowest BCUT2D eigenvalue weighted by molar-refractivity contribution is -0.133. The van der Waals surface area contributed by atoms with Gasteiger partial charge in [0.2, 0.25) is 0 Å². The van der Waals surface area contributed by atoms with Gasteiger partial charge in [-0.15, -0.1) is 0 Å². The minimum absolute atomic E-state index is 0.0230. The van der Waals surface area contributed by atoms with E-state index in [1.54, 1.807) is 7.11 Å². The molecule has 1 fully saturated rings. The third kappa shape index (κ3) is 4.43. The van der Waals surface area contributed by atoms with Gasteiger partial charge in [-0.1, -0.05) is 37.3 Å². The number of carbonyl (C=O) groups is 1. The summed E-state index contributed by atoms with van der Waals surface area (Å²) in [5.74, 6) is 2.52. The Morgan fingerprint density at radius 3 is 2.52 bits per heavy atom. The number of hydrogen-bond acceptors (Lipinski definition) is 5. The Hall–Kier alpha value is -3.28. The van der Waals surface area contributed by atoms with Crippen LogP contribution in [-0.2, 0) is 11.2 Å². The topological polar surface area (TPSA) is 54.9 Å². The highest BCUT2D eigenvalue weighted by Gasteiger charge is 2.23. The molecule has 6 nitrogen and oxygen atoms in total. The maximum absolute atomic E-state index is 12.7. The number of methoxy groups -OCH3 is 1. The van der Waals surface area contributed by atoms with Crippen molar-refractivity contribution in [1.82, 2.24) is 9.88 Å². The van der Waals surface area contributed by atoms with Gasteiger partial charge in [0.25, 0.3) is 5.91 Å². The summed E-state index contributed by atoms with van der Waals surface area (Å²) >= 11 is 0. The predicted octanol–water partition coefficient (Wildman–Crippen LogP) is 3.84. The zero-order valence-corrected chi connectivity index (χ0v) is 18.4. The van der Waals surface area contributed by atoms with Crippen molar-refractivity contribution in [1.29, 1.82) is 0 Å². The molecule has 0 N–H and O–H groups in total. The first-order chi connectivity index (χ1) is 15.1. The summed E-state index contributed by atoms with van der Waals surface area (Å²) < 4.78 is 11.3. The lowest BCUT2D eigenvalue weighted by Crippen LogP contribution is -2.50. The predicted molar refractivity (Wildman–Crippen MR) is 123 cm³/mol. The first-order valence-electron chi connectivity index (χ1n) is 10.8. The van der Waals surface area contributed by atoms with Crippen molar-refractivity contribution >= 4 is 22.6 Å². The molecule has 0 bridgehead atoms. The molecule has 6 heteroatoms. The molecule has 0 saturated carbocycles. The number of nitrogens with zero attached hydrogens (tertiary/aromatic N) is 3. The summed E-state index contributed by atoms with van der Waals surface area (Å²) in [6.07, 6.45) is 0.881. The van der Waals surface area contributed by atoms with Crippen LogP contribution in [0.5, 0.6) is 11.5 Å². The molecule has 162 valence electrons. The first-order valence-corrected chi connectivity index (χ1v) is 10.8. The van der Waals surface area contributed by atoms with Gasteiger partial charge in [-0.2, -0.15) is 0 Å². The number of aryl methyl sites for hydroxylation is 2. The van der Waals surface area contributed by atoms with Crippen LogP contribution in [0.25, 0.3) is 10.9 Å². The molecule has 0 radical (unpaired) electrons. The molecule has 1 aliphatic rings. The molecule has 31 heavy (non-hydrogen) atoms. The number of amides is 1. The number of ether oxygens (including phenoxy) is 2. The van der Waals surface area contributed by atoms with Crippen LogP contribution in [0.15, 0.2) is 48.5 Å². The van der Waals surface area contributed by atoms with Crippen molar-refractivity contribution < 1.29 is 14.3 Å². The molecular weight excluding hydrogens is 390 g/mol. The molecule has 0 aliphatic carbocycles. The third-order valence-electron chi connectivity index (χ3n) is 5.88. The monoisotopic (exact) mass is 419 g/mol. The van der Waals surface area contributed by atoms with Crippen LogP contribution in [0.1, 0.15) is 18.1 Å². The lowest BCUT2D eigenvalue weighted by atomic mass is 10.1. The molecule has 1 saturated heterocycles. The molecule has 3 aromatic rings. The maximum Gasteiger partial charge on any atom is 0.260 e. The number of pyridine rings is 1. The number of fused-ring (bicyclic) bond motifs is 1. The lowest BCUT2D eigenvalue weighted by Gasteiger charge is -2.35. The van der Waals surface area contributed by atoms with Gasteiger partial charge in [0.15, 0.2) is 6.61 Å². The summed E-state index contributed by atoms with van der Waals surface area (Å²) in [7, 11) is 1.67. The van der Waals surface area contributed by atoms with E-state index in [1.165, 1.54) is 5.56 Å². The van der Waals surface area contributed by atoms with Gasteiger partial charge < -0.3 is 19.3 Å². The molecular formula is C25H29N3O3. The summed E-state index contributed by atoms with van der Waals surface area (Å²) in [6.45, 7) is 7.04. The Morgan fingerprint density at radius 1 is 1.03 bits per heavy atom. The molecule has 4 rings (SSSR count). The van der Waals surface area contributed by atoms with Gasteiger partial charge in [-0.05, 0) is 42.7 Å². The van der Waals surface area contributed by atoms with Gasteiger partial charge in [0.05, 0.1) is 7.11 Å². The molecule has 0 unspecified atom stereocenters. The fourth-order valence-electron chi connectivity index (χ4n) is 4.05. The molecule has 2 aromatic carbocycles. The number of carbonyl (C=O) groups excluding carboxylic acids is 1. The Morgan fingerprint density at radius 2 is 1.77 bits per heavy atom. The van der Waals surface area contributed by atoms with Gasteiger partial charge >= 0.3 is 0 Å². The van der Waals surface area contributed by atoms with Crippen LogP contribution in [0, 0.1) is 6.92 Å². The van der Waals surface area contributed by atoms with Crippen molar-refractivity contribution in [3.05, 3.63) is 59.7 Å². The van der Waals surface area contributed by atoms with Crippen LogP contribution >= 0.6 is 0 Å². The van der Waals surface area contributed by atoms with Crippen LogP contribution < -0.4 is 14.4 Å². The molecule has 1 aliphatic heterocycles. The highest BCUT2D eigenvalue weighted by molar-refractivity contribution is 5.89. The highest BCUT2D eigenvalue weighted by atomic mass is 16.5. The zero-order chi connectivity index (χ0) is 21.8. The van der Waals surface area contributed by atoms with E-state index in [1.807, 2.05) is 41.3 Å². The summed E-state index contributed by atoms with van der Waals surface area (Å²) in [5.41, 5.74) is 3.16. The number of aromatic nitrogens is 1. The molecule has 2 heterocycles. The largest absolute Gasteiger partial charge is 0.494 e. The van der Waals surface area contributed by atoms with Crippen LogP contribution in [0.2, 0.25) is 0 Å². The molecule has 0 spiro atoms. The highest BCUT2D eigenvalue weighted by Crippen LogP contribution is 2.29. The number of hydrogen-bond donors (Lipinski definition) is 0. The van der Waals surface area contributed by atoms with E-state index < -0.39 is 0 Å². The minimum Gasteiger partial charge on any atom is -0.494 e. The fraction of sp³-hybridized carbons (Fsp3) is 0.360. The van der Waals surface area contributed by atoms with Gasteiger partial charge in [0, 0.05) is 31.6 Å². The average Bonchev–Trinajstić information content (AvgIpc) is 2.82. The van der Waals surface area contributed by atoms with Gasteiger partial charge in [-0.25, -0.2) is 4.98 Å².